The number of nitrogen functional groups attached to an aromatic ring is 2. The molecule has 0 radical (unpaired) electrons. The Kier molecular flexibility index (Phi) is 5.26. The van der Waals surface area contributed by atoms with Crippen molar-refractivity contribution in [2.24, 2.45) is 0 Å². The van der Waals surface area contributed by atoms with Gasteiger partial charge in [-0.2, -0.15) is 4.98 Å². The molecule has 0 amide bonds. The SMILES string of the molecule is CSN1CCN(c2nc(N)nc(C)c2C#Cc2ccc(N)nc2)CC1. The fourth-order valence-electron chi connectivity index (χ4n) is 2.65. The average Bonchev–Trinajstić information content (AvgIpc) is 2.62. The molecule has 0 aliphatic carbocycles. The van der Waals surface area contributed by atoms with E-state index < -0.39 is 0 Å². The van der Waals surface area contributed by atoms with E-state index in [9.17, 15) is 0 Å². The van der Waals surface area contributed by atoms with Crippen molar-refractivity contribution in [2.75, 3.05) is 48.8 Å². The second-order valence-corrected chi connectivity index (χ2v) is 6.57. The van der Waals surface area contributed by atoms with Crippen LogP contribution < -0.4 is 16.4 Å². The Morgan fingerprint density at radius 2 is 1.84 bits per heavy atom. The van der Waals surface area contributed by atoms with Gasteiger partial charge in [-0.15, -0.1) is 0 Å². The van der Waals surface area contributed by atoms with Crippen LogP contribution in [-0.2, 0) is 0 Å². The molecular weight excluding hydrogens is 334 g/mol. The maximum atomic E-state index is 5.88. The maximum Gasteiger partial charge on any atom is 0.222 e. The van der Waals surface area contributed by atoms with Gasteiger partial charge in [0.05, 0.1) is 11.3 Å². The van der Waals surface area contributed by atoms with Gasteiger partial charge in [-0.1, -0.05) is 23.8 Å². The van der Waals surface area contributed by atoms with Gasteiger partial charge in [0.25, 0.3) is 0 Å². The number of anilines is 3. The molecule has 1 aliphatic rings. The molecule has 0 bridgehead atoms. The lowest BCUT2D eigenvalue weighted by Gasteiger charge is -2.34. The molecule has 0 spiro atoms. The first-order valence-electron chi connectivity index (χ1n) is 7.98. The van der Waals surface area contributed by atoms with Crippen molar-refractivity contribution in [2.45, 2.75) is 6.92 Å². The van der Waals surface area contributed by atoms with Crippen molar-refractivity contribution in [1.82, 2.24) is 19.3 Å². The lowest BCUT2D eigenvalue weighted by atomic mass is 10.1. The molecule has 0 unspecified atom stereocenters. The summed E-state index contributed by atoms with van der Waals surface area (Å²) in [5, 5.41) is 0. The number of aryl methyl sites for hydroxylation is 1. The summed E-state index contributed by atoms with van der Waals surface area (Å²) in [5.41, 5.74) is 13.9. The number of rotatable bonds is 2. The first-order chi connectivity index (χ1) is 12.1. The zero-order valence-corrected chi connectivity index (χ0v) is 15.2. The van der Waals surface area contributed by atoms with Gasteiger partial charge in [0.1, 0.15) is 11.6 Å². The number of hydrogen-bond donors (Lipinski definition) is 2. The fraction of sp³-hybridized carbons (Fsp3) is 0.353. The Balaban J connectivity index is 1.92. The topological polar surface area (TPSA) is 97.2 Å². The molecule has 2 aromatic heterocycles. The van der Waals surface area contributed by atoms with Gasteiger partial charge < -0.3 is 16.4 Å². The van der Waals surface area contributed by atoms with Crippen molar-refractivity contribution in [1.29, 1.82) is 0 Å². The molecule has 2 aromatic rings. The van der Waals surface area contributed by atoms with Crippen LogP contribution in [0.4, 0.5) is 17.6 Å². The van der Waals surface area contributed by atoms with Crippen molar-refractivity contribution in [3.63, 3.8) is 0 Å². The summed E-state index contributed by atoms with van der Waals surface area (Å²) in [6.45, 7) is 5.62. The van der Waals surface area contributed by atoms with Crippen molar-refractivity contribution in [3.05, 3.63) is 35.2 Å². The van der Waals surface area contributed by atoms with E-state index in [1.807, 2.05) is 13.0 Å². The summed E-state index contributed by atoms with van der Waals surface area (Å²) >= 11 is 1.77. The third kappa shape index (κ3) is 4.13. The Labute approximate surface area is 152 Å². The molecule has 3 heterocycles. The van der Waals surface area contributed by atoms with E-state index in [-0.39, 0.29) is 5.95 Å². The summed E-state index contributed by atoms with van der Waals surface area (Å²) < 4.78 is 2.33. The van der Waals surface area contributed by atoms with Crippen LogP contribution in [0.1, 0.15) is 16.8 Å². The zero-order valence-electron chi connectivity index (χ0n) is 14.4. The number of nitrogens with zero attached hydrogens (tertiary/aromatic N) is 5. The van der Waals surface area contributed by atoms with Gasteiger partial charge >= 0.3 is 0 Å². The maximum absolute atomic E-state index is 5.88. The Morgan fingerprint density at radius 3 is 2.48 bits per heavy atom. The van der Waals surface area contributed by atoms with E-state index in [1.54, 1.807) is 24.2 Å². The summed E-state index contributed by atoms with van der Waals surface area (Å²) in [5.74, 6) is 7.87. The minimum absolute atomic E-state index is 0.277. The number of pyridine rings is 1. The Morgan fingerprint density at radius 1 is 1.08 bits per heavy atom. The van der Waals surface area contributed by atoms with E-state index in [1.165, 1.54) is 0 Å². The first-order valence-corrected chi connectivity index (χ1v) is 9.16. The van der Waals surface area contributed by atoms with Gasteiger partial charge in [-0.3, -0.25) is 0 Å². The predicted molar refractivity (Wildman–Crippen MR) is 103 cm³/mol. The average molecular weight is 355 g/mol. The number of hydrogen-bond acceptors (Lipinski definition) is 8. The number of nitrogens with two attached hydrogens (primary N) is 2. The monoisotopic (exact) mass is 355 g/mol. The second kappa shape index (κ2) is 7.59. The molecule has 3 rings (SSSR count). The zero-order chi connectivity index (χ0) is 17.8. The smallest absolute Gasteiger partial charge is 0.222 e. The van der Waals surface area contributed by atoms with Crippen molar-refractivity contribution < 1.29 is 0 Å². The molecule has 0 atom stereocenters. The van der Waals surface area contributed by atoms with Crippen LogP contribution in [0.25, 0.3) is 0 Å². The van der Waals surface area contributed by atoms with Crippen LogP contribution in [0.15, 0.2) is 18.3 Å². The van der Waals surface area contributed by atoms with Gasteiger partial charge in [0.15, 0.2) is 0 Å². The van der Waals surface area contributed by atoms with Crippen LogP contribution in [0.5, 0.6) is 0 Å². The highest BCUT2D eigenvalue weighted by molar-refractivity contribution is 7.96. The quantitative estimate of drug-likeness (QED) is 0.611. The normalized spacial score (nSPS) is 14.9. The van der Waals surface area contributed by atoms with Gasteiger partial charge in [0.2, 0.25) is 5.95 Å². The molecule has 0 aromatic carbocycles. The van der Waals surface area contributed by atoms with Crippen LogP contribution in [0.3, 0.4) is 0 Å². The van der Waals surface area contributed by atoms with Crippen LogP contribution in [0, 0.1) is 18.8 Å². The number of piperazine rings is 1. The van der Waals surface area contributed by atoms with Gasteiger partial charge in [0, 0.05) is 37.9 Å². The molecular formula is C17H21N7S. The van der Waals surface area contributed by atoms with Crippen molar-refractivity contribution in [3.8, 4) is 11.8 Å². The van der Waals surface area contributed by atoms with Gasteiger partial charge in [-0.25, -0.2) is 14.3 Å². The minimum Gasteiger partial charge on any atom is -0.384 e. The van der Waals surface area contributed by atoms with Crippen LogP contribution >= 0.6 is 11.9 Å². The highest BCUT2D eigenvalue weighted by Crippen LogP contribution is 2.23. The first kappa shape index (κ1) is 17.3. The molecule has 1 fully saturated rings. The highest BCUT2D eigenvalue weighted by atomic mass is 32.2. The van der Waals surface area contributed by atoms with Crippen molar-refractivity contribution >= 4 is 29.5 Å². The largest absolute Gasteiger partial charge is 0.384 e. The summed E-state index contributed by atoms with van der Waals surface area (Å²) in [4.78, 5) is 15.0. The third-order valence-electron chi connectivity index (χ3n) is 4.00. The standard InChI is InChI=1S/C17H21N7S/c1-12-14(5-3-13-4-6-15(18)20-11-13)16(22-17(19)21-12)23-7-9-24(25-2)10-8-23/h4,6,11H,7-10H2,1-2H3,(H2,18,20)(H2,19,21,22). The molecule has 7 nitrogen and oxygen atoms in total. The van der Waals surface area contributed by atoms with E-state index >= 15 is 0 Å². The summed E-state index contributed by atoms with van der Waals surface area (Å²) in [7, 11) is 0. The lowest BCUT2D eigenvalue weighted by molar-refractivity contribution is 0.429. The van der Waals surface area contributed by atoms with Crippen LogP contribution in [-0.4, -0.2) is 51.7 Å². The van der Waals surface area contributed by atoms with E-state index in [4.69, 9.17) is 11.5 Å². The summed E-state index contributed by atoms with van der Waals surface area (Å²) in [6.07, 6.45) is 3.76. The lowest BCUT2D eigenvalue weighted by Crippen LogP contribution is -2.44. The molecule has 0 saturated carbocycles. The second-order valence-electron chi connectivity index (χ2n) is 5.69. The third-order valence-corrected chi connectivity index (χ3v) is 4.88. The molecule has 1 aliphatic heterocycles. The summed E-state index contributed by atoms with van der Waals surface area (Å²) in [6, 6.07) is 3.58. The predicted octanol–water partition coefficient (Wildman–Crippen LogP) is 1.14. The molecule has 25 heavy (non-hydrogen) atoms. The Bertz CT molecular complexity index is 802. The van der Waals surface area contributed by atoms with E-state index in [0.29, 0.717) is 5.82 Å². The molecule has 8 heteroatoms. The number of aromatic nitrogens is 3. The molecule has 130 valence electrons. The highest BCUT2D eigenvalue weighted by Gasteiger charge is 2.21. The van der Waals surface area contributed by atoms with E-state index in [2.05, 4.69) is 42.3 Å². The van der Waals surface area contributed by atoms with Crippen LogP contribution in [0.2, 0.25) is 0 Å². The Hall–Kier alpha value is -2.50. The van der Waals surface area contributed by atoms with E-state index in [0.717, 1.165) is 48.8 Å². The molecule has 4 N–H and O–H groups in total. The molecule has 1 saturated heterocycles. The fourth-order valence-corrected chi connectivity index (χ4v) is 3.18. The minimum atomic E-state index is 0.277. The van der Waals surface area contributed by atoms with Gasteiger partial charge in [-0.05, 0) is 25.3 Å².